The lowest BCUT2D eigenvalue weighted by molar-refractivity contribution is 0.332. The minimum Gasteiger partial charge on any atom is -0.362 e. The molecule has 0 spiro atoms. The first-order valence-corrected chi connectivity index (χ1v) is 20.7. The molecule has 5 heteroatoms. The average Bonchev–Trinajstić information content (AvgIpc) is 3.79. The van der Waals surface area contributed by atoms with Gasteiger partial charge in [0.15, 0.2) is 7.28 Å². The van der Waals surface area contributed by atoms with Gasteiger partial charge in [0.2, 0.25) is 0 Å². The molecular weight excluding hydrogens is 679 g/mol. The molecule has 1 radical (unpaired) electrons. The van der Waals surface area contributed by atoms with Crippen molar-refractivity contribution in [2.24, 2.45) is 0 Å². The van der Waals surface area contributed by atoms with Crippen molar-refractivity contribution in [3.05, 3.63) is 145 Å². The maximum atomic E-state index is 3.96. The summed E-state index contributed by atoms with van der Waals surface area (Å²) in [5.41, 5.74) is 17.5. The van der Waals surface area contributed by atoms with Crippen molar-refractivity contribution in [1.29, 1.82) is 0 Å². The summed E-state index contributed by atoms with van der Waals surface area (Å²) in [4.78, 5) is 3.96. The SMILES string of the molecule is Cc1cc2c(c(C3=CCCc4c3[nH]c3c4sc4ccccc43)c1)[B]C(=C\Nc1cc3c(cc1C)C(C)(C)CCC3(C)C)/C=c1/sc3ccccc3c1=C2. The molecule has 4 aromatic carbocycles. The Morgan fingerprint density at radius 2 is 1.53 bits per heavy atom. The van der Waals surface area contributed by atoms with Gasteiger partial charge in [-0.3, -0.25) is 0 Å². The molecule has 0 fully saturated rings. The smallest absolute Gasteiger partial charge is 0.195 e. The Morgan fingerprint density at radius 3 is 2.32 bits per heavy atom. The van der Waals surface area contributed by atoms with Crippen molar-refractivity contribution in [3.63, 3.8) is 0 Å². The highest BCUT2D eigenvalue weighted by atomic mass is 32.1. The van der Waals surface area contributed by atoms with Gasteiger partial charge in [-0.25, -0.2) is 0 Å². The third-order valence-electron chi connectivity index (χ3n) is 12.2. The lowest BCUT2D eigenvalue weighted by atomic mass is 9.58. The molecule has 4 heterocycles. The molecule has 1 aliphatic heterocycles. The molecule has 10 rings (SSSR count). The molecule has 2 aliphatic carbocycles. The second kappa shape index (κ2) is 12.0. The van der Waals surface area contributed by atoms with E-state index in [1.54, 1.807) is 0 Å². The van der Waals surface area contributed by atoms with E-state index < -0.39 is 0 Å². The topological polar surface area (TPSA) is 27.8 Å². The highest BCUT2D eigenvalue weighted by Crippen LogP contribution is 2.47. The van der Waals surface area contributed by atoms with Crippen molar-refractivity contribution in [2.75, 3.05) is 5.32 Å². The number of H-pyrrole nitrogens is 1. The largest absolute Gasteiger partial charge is 0.362 e. The van der Waals surface area contributed by atoms with Gasteiger partial charge in [-0.15, -0.1) is 22.7 Å². The minimum absolute atomic E-state index is 0.152. The molecule has 0 saturated carbocycles. The van der Waals surface area contributed by atoms with E-state index in [1.807, 2.05) is 22.7 Å². The molecule has 0 bridgehead atoms. The van der Waals surface area contributed by atoms with E-state index in [0.29, 0.717) is 0 Å². The molecule has 53 heavy (non-hydrogen) atoms. The van der Waals surface area contributed by atoms with Crippen LogP contribution in [0.15, 0.2) is 90.5 Å². The van der Waals surface area contributed by atoms with Gasteiger partial charge in [-0.05, 0) is 126 Å². The number of aryl methyl sites for hydroxylation is 3. The number of aromatic amines is 1. The van der Waals surface area contributed by atoms with E-state index in [0.717, 1.165) is 12.8 Å². The first-order chi connectivity index (χ1) is 25.5. The molecule has 3 aromatic heterocycles. The fourth-order valence-corrected chi connectivity index (χ4v) is 11.6. The van der Waals surface area contributed by atoms with Crippen LogP contribution in [0.4, 0.5) is 5.69 Å². The summed E-state index contributed by atoms with van der Waals surface area (Å²) >= 11 is 3.82. The van der Waals surface area contributed by atoms with Crippen LogP contribution in [-0.4, -0.2) is 12.3 Å². The highest BCUT2D eigenvalue weighted by molar-refractivity contribution is 7.26. The number of hydrogen-bond donors (Lipinski definition) is 2. The van der Waals surface area contributed by atoms with Crippen molar-refractivity contribution in [3.8, 4) is 0 Å². The number of hydrogen-bond acceptors (Lipinski definition) is 3. The Kier molecular flexibility index (Phi) is 7.46. The van der Waals surface area contributed by atoms with Gasteiger partial charge in [0.25, 0.3) is 0 Å². The predicted octanol–water partition coefficient (Wildman–Crippen LogP) is 10.8. The van der Waals surface area contributed by atoms with Crippen molar-refractivity contribution in [2.45, 2.75) is 78.1 Å². The third kappa shape index (κ3) is 5.34. The lowest BCUT2D eigenvalue weighted by Crippen LogP contribution is -2.34. The molecule has 3 aliphatic rings. The number of nitrogens with one attached hydrogen (secondary N) is 2. The van der Waals surface area contributed by atoms with Gasteiger partial charge in [-0.2, -0.15) is 0 Å². The van der Waals surface area contributed by atoms with Crippen molar-refractivity contribution >= 4 is 89.2 Å². The fraction of sp³-hybridized carbons (Fsp3) is 0.250. The molecule has 0 amide bonds. The van der Waals surface area contributed by atoms with Crippen LogP contribution < -0.4 is 20.5 Å². The number of benzene rings is 4. The van der Waals surface area contributed by atoms with Crippen LogP contribution in [0.1, 0.15) is 91.6 Å². The number of allylic oxidation sites excluding steroid dienone is 2. The van der Waals surface area contributed by atoms with E-state index in [2.05, 4.69) is 156 Å². The molecule has 7 aromatic rings. The summed E-state index contributed by atoms with van der Waals surface area (Å²) < 4.78 is 5.39. The van der Waals surface area contributed by atoms with Crippen molar-refractivity contribution < 1.29 is 0 Å². The quantitative estimate of drug-likeness (QED) is 0.175. The molecule has 0 atom stereocenters. The van der Waals surface area contributed by atoms with Crippen LogP contribution in [0, 0.1) is 13.8 Å². The number of fused-ring (bicyclic) bond motifs is 10. The maximum absolute atomic E-state index is 3.96. The third-order valence-corrected chi connectivity index (χ3v) is 14.6. The summed E-state index contributed by atoms with van der Waals surface area (Å²) in [6.45, 7) is 14.2. The highest BCUT2D eigenvalue weighted by Gasteiger charge is 2.37. The summed E-state index contributed by atoms with van der Waals surface area (Å²) in [5, 5.41) is 7.80. The molecule has 2 nitrogen and oxygen atoms in total. The van der Waals surface area contributed by atoms with Crippen LogP contribution in [-0.2, 0) is 17.3 Å². The summed E-state index contributed by atoms with van der Waals surface area (Å²) in [6, 6.07) is 27.4. The molecule has 0 saturated heterocycles. The number of rotatable bonds is 3. The number of anilines is 1. The van der Waals surface area contributed by atoms with Gasteiger partial charge < -0.3 is 10.3 Å². The van der Waals surface area contributed by atoms with Crippen LogP contribution in [0.5, 0.6) is 0 Å². The normalized spacial score (nSPS) is 18.5. The molecule has 261 valence electrons. The van der Waals surface area contributed by atoms with Crippen molar-refractivity contribution in [1.82, 2.24) is 4.98 Å². The predicted molar refractivity (Wildman–Crippen MR) is 233 cm³/mol. The zero-order valence-corrected chi connectivity index (χ0v) is 33.1. The first-order valence-electron chi connectivity index (χ1n) is 19.1. The Morgan fingerprint density at radius 1 is 0.811 bits per heavy atom. The van der Waals surface area contributed by atoms with E-state index in [1.165, 1.54) is 120 Å². The van der Waals surface area contributed by atoms with E-state index in [-0.39, 0.29) is 10.8 Å². The molecule has 0 unspecified atom stereocenters. The Balaban J connectivity index is 1.15. The van der Waals surface area contributed by atoms with Crippen LogP contribution in [0.3, 0.4) is 0 Å². The zero-order valence-electron chi connectivity index (χ0n) is 31.5. The lowest BCUT2D eigenvalue weighted by Gasteiger charge is -2.42. The Bertz CT molecular complexity index is 2870. The van der Waals surface area contributed by atoms with Gasteiger partial charge >= 0.3 is 0 Å². The van der Waals surface area contributed by atoms with E-state index >= 15 is 0 Å². The minimum atomic E-state index is 0.152. The number of thiophene rings is 2. The standard InChI is InChI=1S/C48H44BN2S2/c1-27-20-29-23-35-31-12-7-9-16-40(31)52-42(35)24-30(26-50-39-25-38-37(22-28(39)2)47(3,4)18-19-48(38,5)6)49-43(29)36(21-27)32-14-11-15-34-44(32)51-45-33-13-8-10-17-41(33)53-46(34)45/h7-10,12-14,16-17,20-26,50-51H,11,15,18-19H2,1-6H3/b30-26-,35-23?,42-24+. The van der Waals surface area contributed by atoms with Gasteiger partial charge in [0, 0.05) is 41.2 Å². The molecular formula is C48H44BN2S2. The first kappa shape index (κ1) is 33.0. The Hall–Kier alpha value is -4.58. The van der Waals surface area contributed by atoms with Crippen LogP contribution in [0.25, 0.3) is 48.1 Å². The summed E-state index contributed by atoms with van der Waals surface area (Å²) in [7, 11) is 2.43. The summed E-state index contributed by atoms with van der Waals surface area (Å²) in [6.07, 6.45) is 14.1. The zero-order chi connectivity index (χ0) is 36.2. The molecule has 2 N–H and O–H groups in total. The average molecular weight is 724 g/mol. The van der Waals surface area contributed by atoms with E-state index in [4.69, 9.17) is 0 Å². The van der Waals surface area contributed by atoms with Crippen LogP contribution in [0.2, 0.25) is 0 Å². The van der Waals surface area contributed by atoms with Gasteiger partial charge in [0.1, 0.15) is 0 Å². The van der Waals surface area contributed by atoms with Crippen LogP contribution >= 0.6 is 22.7 Å². The fourth-order valence-electron chi connectivity index (χ4n) is 9.18. The maximum Gasteiger partial charge on any atom is 0.195 e. The summed E-state index contributed by atoms with van der Waals surface area (Å²) in [5.74, 6) is 0. The second-order valence-corrected chi connectivity index (χ2v) is 19.0. The Labute approximate surface area is 320 Å². The number of aromatic nitrogens is 1. The second-order valence-electron chi connectivity index (χ2n) is 16.8. The van der Waals surface area contributed by atoms with Gasteiger partial charge in [-0.1, -0.05) is 99.3 Å². The monoisotopic (exact) mass is 723 g/mol. The van der Waals surface area contributed by atoms with E-state index in [9.17, 15) is 0 Å². The van der Waals surface area contributed by atoms with Gasteiger partial charge in [0.05, 0.1) is 15.9 Å².